The van der Waals surface area contributed by atoms with Crippen molar-refractivity contribution < 1.29 is 19.0 Å². The number of rotatable bonds is 7. The van der Waals surface area contributed by atoms with Crippen LogP contribution in [0.2, 0.25) is 0 Å². The fourth-order valence-electron chi connectivity index (χ4n) is 5.90. The monoisotopic (exact) mass is 569 g/mol. The summed E-state index contributed by atoms with van der Waals surface area (Å²) in [5.74, 6) is -0.0511. The van der Waals surface area contributed by atoms with Crippen molar-refractivity contribution in [1.82, 2.24) is 29.5 Å². The van der Waals surface area contributed by atoms with Crippen molar-refractivity contribution in [2.45, 2.75) is 50.4 Å². The van der Waals surface area contributed by atoms with E-state index in [1.54, 1.807) is 4.52 Å². The number of carbonyl (C=O) groups is 1. The molecule has 216 valence electrons. The Morgan fingerprint density at radius 1 is 1.12 bits per heavy atom. The van der Waals surface area contributed by atoms with E-state index in [4.69, 9.17) is 9.72 Å². The van der Waals surface area contributed by atoms with Gasteiger partial charge in [-0.25, -0.2) is 14.4 Å². The van der Waals surface area contributed by atoms with Crippen LogP contribution in [0.15, 0.2) is 61.1 Å². The number of anilines is 1. The van der Waals surface area contributed by atoms with Gasteiger partial charge < -0.3 is 24.6 Å². The molecule has 0 bridgehead atoms. The van der Waals surface area contributed by atoms with Gasteiger partial charge in [0.25, 0.3) is 5.91 Å². The number of pyridine rings is 1. The molecule has 2 fully saturated rings. The van der Waals surface area contributed by atoms with E-state index in [1.807, 2.05) is 42.4 Å². The summed E-state index contributed by atoms with van der Waals surface area (Å²) >= 11 is 0. The first-order valence-electron chi connectivity index (χ1n) is 14.3. The van der Waals surface area contributed by atoms with Crippen molar-refractivity contribution >= 4 is 28.4 Å². The number of aliphatic hydroxyl groups is 1. The van der Waals surface area contributed by atoms with Crippen LogP contribution in [0.1, 0.15) is 47.6 Å². The second-order valence-corrected chi connectivity index (χ2v) is 11.2. The molecule has 1 aliphatic heterocycles. The molecule has 2 N–H and O–H groups in total. The van der Waals surface area contributed by atoms with E-state index >= 15 is 0 Å². The number of ether oxygens (including phenoxy) is 1. The predicted molar refractivity (Wildman–Crippen MR) is 156 cm³/mol. The number of benzene rings is 1. The predicted octanol–water partition coefficient (Wildman–Crippen LogP) is 4.13. The number of hydrogen-bond donors (Lipinski definition) is 2. The molecular formula is C31H32FN7O3. The molecule has 4 aromatic heterocycles. The topological polar surface area (TPSA) is 110 Å². The van der Waals surface area contributed by atoms with Gasteiger partial charge in [0, 0.05) is 56.1 Å². The summed E-state index contributed by atoms with van der Waals surface area (Å²) in [5, 5.41) is 18.2. The van der Waals surface area contributed by atoms with Gasteiger partial charge in [-0.1, -0.05) is 30.3 Å². The summed E-state index contributed by atoms with van der Waals surface area (Å²) in [6.07, 6.45) is 7.25. The third-order valence-corrected chi connectivity index (χ3v) is 8.40. The zero-order valence-electron chi connectivity index (χ0n) is 23.3. The van der Waals surface area contributed by atoms with Crippen molar-refractivity contribution in [1.29, 1.82) is 0 Å². The lowest BCUT2D eigenvalue weighted by molar-refractivity contribution is 0.0448. The summed E-state index contributed by atoms with van der Waals surface area (Å²) < 4.78 is 23.9. The highest BCUT2D eigenvalue weighted by molar-refractivity contribution is 6.01. The van der Waals surface area contributed by atoms with Crippen LogP contribution in [-0.2, 0) is 11.3 Å². The van der Waals surface area contributed by atoms with Crippen LogP contribution in [-0.4, -0.2) is 67.6 Å². The van der Waals surface area contributed by atoms with Crippen LogP contribution in [0, 0.1) is 5.82 Å². The van der Waals surface area contributed by atoms with Crippen molar-refractivity contribution in [2.24, 2.45) is 0 Å². The van der Waals surface area contributed by atoms with E-state index in [0.29, 0.717) is 54.1 Å². The minimum atomic E-state index is -0.550. The first-order valence-corrected chi connectivity index (χ1v) is 14.3. The Balaban J connectivity index is 1.38. The minimum Gasteiger partial charge on any atom is -0.391 e. The Hall–Kier alpha value is -4.35. The zero-order valence-corrected chi connectivity index (χ0v) is 23.3. The first kappa shape index (κ1) is 26.5. The van der Waals surface area contributed by atoms with Crippen molar-refractivity contribution in [3.63, 3.8) is 0 Å². The number of amides is 1. The molecule has 1 saturated carbocycles. The highest BCUT2D eigenvalue weighted by Crippen LogP contribution is 2.36. The lowest BCUT2D eigenvalue weighted by Crippen LogP contribution is -2.50. The van der Waals surface area contributed by atoms with E-state index in [9.17, 15) is 14.3 Å². The quantitative estimate of drug-likeness (QED) is 0.303. The van der Waals surface area contributed by atoms with Crippen LogP contribution >= 0.6 is 0 Å². The molecule has 0 unspecified atom stereocenters. The molecule has 0 spiro atoms. The molecule has 1 aliphatic carbocycles. The Labute approximate surface area is 241 Å². The molecule has 7 rings (SSSR count). The molecule has 1 amide bonds. The highest BCUT2D eigenvalue weighted by Gasteiger charge is 2.32. The molecule has 5 heterocycles. The van der Waals surface area contributed by atoms with Gasteiger partial charge >= 0.3 is 0 Å². The van der Waals surface area contributed by atoms with Gasteiger partial charge in [-0.15, -0.1) is 0 Å². The summed E-state index contributed by atoms with van der Waals surface area (Å²) in [4.78, 5) is 24.8. The summed E-state index contributed by atoms with van der Waals surface area (Å²) in [7, 11) is 1.96. The van der Waals surface area contributed by atoms with E-state index < -0.39 is 11.9 Å². The lowest BCUT2D eigenvalue weighted by atomic mass is 9.89. The number of fused-ring (bicyclic) bond motifs is 2. The van der Waals surface area contributed by atoms with Gasteiger partial charge in [0.1, 0.15) is 22.8 Å². The van der Waals surface area contributed by atoms with E-state index in [0.717, 1.165) is 36.2 Å². The first-order chi connectivity index (χ1) is 20.5. The summed E-state index contributed by atoms with van der Waals surface area (Å²) in [6.45, 7) is 1.90. The van der Waals surface area contributed by atoms with Crippen molar-refractivity contribution in [2.75, 3.05) is 25.2 Å². The number of nitrogens with zero attached hydrogens (tertiary/aromatic N) is 6. The van der Waals surface area contributed by atoms with Gasteiger partial charge in [0.2, 0.25) is 0 Å². The van der Waals surface area contributed by atoms with Crippen LogP contribution in [0.3, 0.4) is 0 Å². The molecule has 10 nitrogen and oxygen atoms in total. The average Bonchev–Trinajstić information content (AvgIpc) is 3.61. The molecule has 1 aromatic carbocycles. The molecule has 5 aromatic rings. The Bertz CT molecular complexity index is 1760. The fraction of sp³-hybridized carbons (Fsp3) is 0.355. The summed E-state index contributed by atoms with van der Waals surface area (Å²) in [5.41, 5.74) is 3.79. The van der Waals surface area contributed by atoms with Gasteiger partial charge in [-0.2, -0.15) is 9.61 Å². The summed E-state index contributed by atoms with van der Waals surface area (Å²) in [6, 6.07) is 13.4. The molecule has 2 atom stereocenters. The van der Waals surface area contributed by atoms with Crippen LogP contribution in [0.25, 0.3) is 27.9 Å². The maximum Gasteiger partial charge on any atom is 0.257 e. The molecular weight excluding hydrogens is 537 g/mol. The maximum atomic E-state index is 14.6. The van der Waals surface area contributed by atoms with Crippen LogP contribution in [0.4, 0.5) is 10.2 Å². The molecule has 2 aliphatic rings. The Kier molecular flexibility index (Phi) is 6.83. The second-order valence-electron chi connectivity index (χ2n) is 11.2. The average molecular weight is 570 g/mol. The largest absolute Gasteiger partial charge is 0.391 e. The SMILES string of the molecule is CN(Cc1ccccc1)c1cc(-c2cn(C3CCOCC3)c3ncc(F)cc23)nc2c(C(=O)N[C@@H]3CC[C@H]3O)cnn12. The van der Waals surface area contributed by atoms with Crippen molar-refractivity contribution in [3.8, 4) is 11.3 Å². The molecule has 42 heavy (non-hydrogen) atoms. The number of hydrogen-bond acceptors (Lipinski definition) is 7. The highest BCUT2D eigenvalue weighted by atomic mass is 19.1. The number of aliphatic hydroxyl groups excluding tert-OH is 1. The van der Waals surface area contributed by atoms with E-state index in [-0.39, 0.29) is 18.0 Å². The number of nitrogens with one attached hydrogen (secondary N) is 1. The fourth-order valence-corrected chi connectivity index (χ4v) is 5.90. The van der Waals surface area contributed by atoms with Gasteiger partial charge in [-0.3, -0.25) is 4.79 Å². The van der Waals surface area contributed by atoms with E-state index in [2.05, 4.69) is 32.1 Å². The number of carbonyl (C=O) groups excluding carboxylic acids is 1. The molecule has 0 radical (unpaired) electrons. The zero-order chi connectivity index (χ0) is 28.8. The van der Waals surface area contributed by atoms with Gasteiger partial charge in [0.05, 0.1) is 30.2 Å². The van der Waals surface area contributed by atoms with Gasteiger partial charge in [0.15, 0.2) is 5.65 Å². The van der Waals surface area contributed by atoms with Gasteiger partial charge in [-0.05, 0) is 37.3 Å². The molecule has 11 heteroatoms. The normalized spacial score (nSPS) is 19.2. The number of aromatic nitrogens is 5. The third kappa shape index (κ3) is 4.78. The Morgan fingerprint density at radius 3 is 2.67 bits per heavy atom. The van der Waals surface area contributed by atoms with E-state index in [1.165, 1.54) is 18.5 Å². The third-order valence-electron chi connectivity index (χ3n) is 8.40. The number of halogens is 1. The second kappa shape index (κ2) is 10.8. The minimum absolute atomic E-state index is 0.169. The van der Waals surface area contributed by atoms with Crippen LogP contribution in [0.5, 0.6) is 0 Å². The standard InChI is InChI=1S/C31H32FN7O3/c1-37(17-19-5-3-2-4-6-19)28-14-26(35-30-23(16-34-39(28)30)31(41)36-25-7-8-27(25)40)24-18-38(21-9-11-42-12-10-21)29-22(24)13-20(32)15-33-29/h2-6,13-16,18,21,25,27,40H,7-12,17H2,1H3,(H,36,41)/t25-,27-/m1/s1. The lowest BCUT2D eigenvalue weighted by Gasteiger charge is -2.32. The van der Waals surface area contributed by atoms with Crippen LogP contribution < -0.4 is 10.2 Å². The maximum absolute atomic E-state index is 14.6. The van der Waals surface area contributed by atoms with Crippen molar-refractivity contribution in [3.05, 3.63) is 78.0 Å². The Morgan fingerprint density at radius 2 is 1.93 bits per heavy atom. The smallest absolute Gasteiger partial charge is 0.257 e. The molecule has 1 saturated heterocycles.